The Morgan fingerprint density at radius 3 is 3.04 bits per heavy atom. The minimum Gasteiger partial charge on any atom is -0.349 e. The van der Waals surface area contributed by atoms with E-state index < -0.39 is 17.5 Å². The Morgan fingerprint density at radius 2 is 2.18 bits per heavy atom. The van der Waals surface area contributed by atoms with Crippen LogP contribution in [0.4, 0.5) is 4.79 Å². The number of carbonyl (C=O) groups is 3. The molecule has 1 aromatic carbocycles. The van der Waals surface area contributed by atoms with Crippen molar-refractivity contribution in [3.05, 3.63) is 58.9 Å². The van der Waals surface area contributed by atoms with Crippen LogP contribution in [0.3, 0.4) is 0 Å². The number of rotatable bonds is 4. The average molecular weight is 395 g/mol. The normalized spacial score (nSPS) is 20.8. The van der Waals surface area contributed by atoms with Gasteiger partial charge in [0, 0.05) is 17.8 Å². The van der Waals surface area contributed by atoms with Crippen LogP contribution in [0, 0.1) is 0 Å². The van der Waals surface area contributed by atoms with E-state index in [9.17, 15) is 14.4 Å². The molecule has 1 fully saturated rings. The summed E-state index contributed by atoms with van der Waals surface area (Å²) in [5.74, 6) is -0.761. The number of imidazole rings is 1. The summed E-state index contributed by atoms with van der Waals surface area (Å²) in [6, 6.07) is 7.09. The summed E-state index contributed by atoms with van der Waals surface area (Å²) in [4.78, 5) is 44.1. The zero-order chi connectivity index (χ0) is 19.3. The van der Waals surface area contributed by atoms with Crippen molar-refractivity contribution >= 4 is 34.1 Å². The lowest BCUT2D eigenvalue weighted by Crippen LogP contribution is -2.43. The van der Waals surface area contributed by atoms with Gasteiger partial charge in [0.25, 0.3) is 5.91 Å². The minimum atomic E-state index is -1.04. The van der Waals surface area contributed by atoms with E-state index in [1.54, 1.807) is 0 Å². The van der Waals surface area contributed by atoms with E-state index >= 15 is 0 Å². The molecule has 9 heteroatoms. The van der Waals surface area contributed by atoms with E-state index in [4.69, 9.17) is 0 Å². The molecule has 1 unspecified atom stereocenters. The number of hydrogen-bond donors (Lipinski definition) is 2. The molecule has 3 heterocycles. The Labute approximate surface area is 164 Å². The number of aromatic nitrogens is 2. The zero-order valence-electron chi connectivity index (χ0n) is 14.8. The van der Waals surface area contributed by atoms with Crippen LogP contribution in [0.1, 0.15) is 23.2 Å². The SMILES string of the molecule is O=C(CN1C(=O)NC2(CCc3ccccc32)C1=O)NCc1cn2ccsc2n1. The Balaban J connectivity index is 1.28. The van der Waals surface area contributed by atoms with Crippen LogP contribution in [-0.4, -0.2) is 38.7 Å². The summed E-state index contributed by atoms with van der Waals surface area (Å²) in [6.45, 7) is -0.0678. The van der Waals surface area contributed by atoms with E-state index in [2.05, 4.69) is 15.6 Å². The van der Waals surface area contributed by atoms with Crippen LogP contribution >= 0.6 is 11.3 Å². The number of imide groups is 1. The van der Waals surface area contributed by atoms with E-state index in [1.807, 2.05) is 46.4 Å². The van der Waals surface area contributed by atoms with Gasteiger partial charge in [0.2, 0.25) is 5.91 Å². The van der Waals surface area contributed by atoms with Crippen molar-refractivity contribution in [2.75, 3.05) is 6.54 Å². The van der Waals surface area contributed by atoms with Gasteiger partial charge in [-0.05, 0) is 24.0 Å². The lowest BCUT2D eigenvalue weighted by molar-refractivity contribution is -0.135. The summed E-state index contributed by atoms with van der Waals surface area (Å²) < 4.78 is 1.88. The first-order valence-electron chi connectivity index (χ1n) is 8.97. The monoisotopic (exact) mass is 395 g/mol. The number of nitrogens with one attached hydrogen (secondary N) is 2. The molecule has 1 atom stereocenters. The smallest absolute Gasteiger partial charge is 0.325 e. The summed E-state index contributed by atoms with van der Waals surface area (Å²) in [5.41, 5.74) is 1.57. The Morgan fingerprint density at radius 1 is 1.32 bits per heavy atom. The van der Waals surface area contributed by atoms with Crippen LogP contribution in [-0.2, 0) is 28.1 Å². The van der Waals surface area contributed by atoms with Crippen molar-refractivity contribution in [2.24, 2.45) is 0 Å². The highest BCUT2D eigenvalue weighted by molar-refractivity contribution is 7.15. The predicted molar refractivity (Wildman–Crippen MR) is 102 cm³/mol. The first-order valence-corrected chi connectivity index (χ1v) is 9.85. The van der Waals surface area contributed by atoms with E-state index in [0.717, 1.165) is 33.1 Å². The molecule has 2 aliphatic rings. The summed E-state index contributed by atoms with van der Waals surface area (Å²) in [7, 11) is 0. The number of fused-ring (bicyclic) bond motifs is 3. The number of aryl methyl sites for hydroxylation is 1. The molecule has 0 bridgehead atoms. The maximum absolute atomic E-state index is 13.0. The number of benzene rings is 1. The number of carbonyl (C=O) groups excluding carboxylic acids is 3. The topological polar surface area (TPSA) is 95.8 Å². The Hall–Kier alpha value is -3.20. The number of urea groups is 1. The number of nitrogens with zero attached hydrogens (tertiary/aromatic N) is 3. The maximum Gasteiger partial charge on any atom is 0.325 e. The van der Waals surface area contributed by atoms with Gasteiger partial charge < -0.3 is 10.6 Å². The third kappa shape index (κ3) is 2.50. The third-order valence-electron chi connectivity index (χ3n) is 5.33. The fourth-order valence-corrected chi connectivity index (χ4v) is 4.70. The van der Waals surface area contributed by atoms with Gasteiger partial charge in [-0.2, -0.15) is 0 Å². The van der Waals surface area contributed by atoms with E-state index in [1.165, 1.54) is 11.3 Å². The molecule has 4 amide bonds. The summed E-state index contributed by atoms with van der Waals surface area (Å²) in [6.07, 6.45) is 4.97. The molecule has 142 valence electrons. The molecule has 3 aromatic rings. The predicted octanol–water partition coefficient (Wildman–Crippen LogP) is 1.41. The van der Waals surface area contributed by atoms with Gasteiger partial charge in [-0.3, -0.25) is 18.9 Å². The Kier molecular flexibility index (Phi) is 3.73. The van der Waals surface area contributed by atoms with E-state index in [0.29, 0.717) is 6.42 Å². The second-order valence-corrected chi connectivity index (χ2v) is 7.86. The van der Waals surface area contributed by atoms with Crippen LogP contribution in [0.2, 0.25) is 0 Å². The molecule has 1 aliphatic carbocycles. The van der Waals surface area contributed by atoms with Crippen LogP contribution < -0.4 is 10.6 Å². The molecule has 5 rings (SSSR count). The van der Waals surface area contributed by atoms with Gasteiger partial charge in [0.05, 0.1) is 12.2 Å². The standard InChI is InChI=1S/C19H17N5O3S/c25-15(20-9-13-10-23-7-8-28-18(23)21-13)11-24-16(26)19(22-17(24)27)6-5-12-3-1-2-4-14(12)19/h1-4,7-8,10H,5-6,9,11H2,(H,20,25)(H,22,27). The van der Waals surface area contributed by atoms with Gasteiger partial charge >= 0.3 is 6.03 Å². The molecule has 0 radical (unpaired) electrons. The third-order valence-corrected chi connectivity index (χ3v) is 6.10. The lowest BCUT2D eigenvalue weighted by Gasteiger charge is -2.22. The largest absolute Gasteiger partial charge is 0.349 e. The van der Waals surface area contributed by atoms with Crippen molar-refractivity contribution < 1.29 is 14.4 Å². The lowest BCUT2D eigenvalue weighted by atomic mass is 9.92. The molecule has 8 nitrogen and oxygen atoms in total. The van der Waals surface area contributed by atoms with Crippen LogP contribution in [0.15, 0.2) is 42.0 Å². The van der Waals surface area contributed by atoms with Crippen molar-refractivity contribution in [3.63, 3.8) is 0 Å². The maximum atomic E-state index is 13.0. The molecular weight excluding hydrogens is 378 g/mol. The second-order valence-electron chi connectivity index (χ2n) is 6.99. The van der Waals surface area contributed by atoms with Gasteiger partial charge in [0.15, 0.2) is 4.96 Å². The second kappa shape index (κ2) is 6.16. The van der Waals surface area contributed by atoms with Crippen LogP contribution in [0.25, 0.3) is 4.96 Å². The van der Waals surface area contributed by atoms with Gasteiger partial charge in [-0.1, -0.05) is 24.3 Å². The Bertz CT molecular complexity index is 1090. The molecule has 28 heavy (non-hydrogen) atoms. The van der Waals surface area contributed by atoms with Crippen molar-refractivity contribution in [1.29, 1.82) is 0 Å². The quantitative estimate of drug-likeness (QED) is 0.653. The first-order chi connectivity index (χ1) is 13.6. The molecule has 2 aromatic heterocycles. The zero-order valence-corrected chi connectivity index (χ0v) is 15.7. The van der Waals surface area contributed by atoms with Crippen molar-refractivity contribution in [1.82, 2.24) is 24.9 Å². The summed E-state index contributed by atoms with van der Waals surface area (Å²) in [5, 5.41) is 7.48. The molecule has 1 saturated heterocycles. The van der Waals surface area contributed by atoms with Gasteiger partial charge in [-0.15, -0.1) is 11.3 Å². The average Bonchev–Trinajstić information content (AvgIpc) is 3.41. The van der Waals surface area contributed by atoms with Gasteiger partial charge in [-0.25, -0.2) is 9.78 Å². The molecule has 1 spiro atoms. The highest BCUT2D eigenvalue weighted by Gasteiger charge is 2.55. The minimum absolute atomic E-state index is 0.241. The van der Waals surface area contributed by atoms with E-state index in [-0.39, 0.29) is 19.0 Å². The van der Waals surface area contributed by atoms with Crippen molar-refractivity contribution in [2.45, 2.75) is 24.9 Å². The van der Waals surface area contributed by atoms with Crippen molar-refractivity contribution in [3.8, 4) is 0 Å². The summed E-state index contributed by atoms with van der Waals surface area (Å²) >= 11 is 1.51. The molecular formula is C19H17N5O3S. The molecule has 2 N–H and O–H groups in total. The first kappa shape index (κ1) is 16.9. The highest BCUT2D eigenvalue weighted by Crippen LogP contribution is 2.41. The fourth-order valence-electron chi connectivity index (χ4n) is 3.98. The van der Waals surface area contributed by atoms with Gasteiger partial charge in [0.1, 0.15) is 12.1 Å². The highest BCUT2D eigenvalue weighted by atomic mass is 32.1. The fraction of sp³-hybridized carbons (Fsp3) is 0.263. The number of amides is 4. The number of thiazole rings is 1. The number of hydrogen-bond acceptors (Lipinski definition) is 5. The molecule has 1 aliphatic heterocycles. The van der Waals surface area contributed by atoms with Crippen LogP contribution in [0.5, 0.6) is 0 Å². The molecule has 0 saturated carbocycles.